The highest BCUT2D eigenvalue weighted by molar-refractivity contribution is 6.30. The van der Waals surface area contributed by atoms with Gasteiger partial charge in [0.15, 0.2) is 11.6 Å². The largest absolute Gasteiger partial charge is 0.494 e. The molecular weight excluding hydrogens is 381 g/mol. The molecule has 2 amide bonds. The Morgan fingerprint density at radius 1 is 1.18 bits per heavy atom. The number of methoxy groups -OCH3 is 1. The summed E-state index contributed by atoms with van der Waals surface area (Å²) in [6, 6.07) is 12.4. The van der Waals surface area contributed by atoms with Gasteiger partial charge in [0.2, 0.25) is 0 Å². The Balaban J connectivity index is 1.39. The lowest BCUT2D eigenvalue weighted by Crippen LogP contribution is -2.47. The quantitative estimate of drug-likeness (QED) is 0.765. The molecular formula is C21H25ClFN3O2. The van der Waals surface area contributed by atoms with E-state index >= 15 is 0 Å². The van der Waals surface area contributed by atoms with Gasteiger partial charge >= 0.3 is 6.03 Å². The standard InChI is InChI=1S/C21H25ClFN3O2/c1-28-20-7-4-16(12-19(20)23)14-26-10-8-18(9-11-26)25-21(27)24-13-15-2-5-17(22)6-3-15/h2-7,12,18H,8-11,13-14H2,1H3,(H2,24,25,27). The van der Waals surface area contributed by atoms with Crippen LogP contribution in [0.2, 0.25) is 5.02 Å². The van der Waals surface area contributed by atoms with E-state index < -0.39 is 0 Å². The molecule has 28 heavy (non-hydrogen) atoms. The second kappa shape index (κ2) is 9.75. The van der Waals surface area contributed by atoms with Gasteiger partial charge < -0.3 is 15.4 Å². The molecule has 1 aliphatic rings. The summed E-state index contributed by atoms with van der Waals surface area (Å²) in [6.45, 7) is 2.87. The van der Waals surface area contributed by atoms with E-state index in [2.05, 4.69) is 15.5 Å². The van der Waals surface area contributed by atoms with Crippen LogP contribution < -0.4 is 15.4 Å². The summed E-state index contributed by atoms with van der Waals surface area (Å²) in [6.07, 6.45) is 1.74. The van der Waals surface area contributed by atoms with Crippen LogP contribution in [0, 0.1) is 5.82 Å². The molecule has 2 N–H and O–H groups in total. The minimum atomic E-state index is -0.339. The molecule has 0 saturated carbocycles. The Bertz CT molecular complexity index is 793. The summed E-state index contributed by atoms with van der Waals surface area (Å²) >= 11 is 5.86. The number of ether oxygens (including phenoxy) is 1. The van der Waals surface area contributed by atoms with E-state index in [1.54, 1.807) is 18.2 Å². The maximum absolute atomic E-state index is 13.8. The maximum Gasteiger partial charge on any atom is 0.315 e. The van der Waals surface area contributed by atoms with E-state index in [9.17, 15) is 9.18 Å². The van der Waals surface area contributed by atoms with Crippen molar-refractivity contribution in [2.75, 3.05) is 20.2 Å². The Hall–Kier alpha value is -2.31. The van der Waals surface area contributed by atoms with Gasteiger partial charge in [-0.3, -0.25) is 4.90 Å². The van der Waals surface area contributed by atoms with Crippen LogP contribution >= 0.6 is 11.6 Å². The molecule has 0 spiro atoms. The van der Waals surface area contributed by atoms with Gasteiger partial charge in [0, 0.05) is 37.2 Å². The van der Waals surface area contributed by atoms with Crippen LogP contribution in [-0.2, 0) is 13.1 Å². The predicted octanol–water partition coefficient (Wildman–Crippen LogP) is 3.95. The smallest absolute Gasteiger partial charge is 0.315 e. The lowest BCUT2D eigenvalue weighted by Gasteiger charge is -2.32. The fraction of sp³-hybridized carbons (Fsp3) is 0.381. The van der Waals surface area contributed by atoms with E-state index in [1.807, 2.05) is 18.2 Å². The van der Waals surface area contributed by atoms with Gasteiger partial charge in [-0.25, -0.2) is 9.18 Å². The SMILES string of the molecule is COc1ccc(CN2CCC(NC(=O)NCc3ccc(Cl)cc3)CC2)cc1F. The average Bonchev–Trinajstić information content (AvgIpc) is 2.69. The first-order chi connectivity index (χ1) is 13.5. The zero-order valence-electron chi connectivity index (χ0n) is 15.9. The van der Waals surface area contributed by atoms with Crippen molar-refractivity contribution in [1.82, 2.24) is 15.5 Å². The topological polar surface area (TPSA) is 53.6 Å². The predicted molar refractivity (Wildman–Crippen MR) is 108 cm³/mol. The average molecular weight is 406 g/mol. The number of piperidine rings is 1. The number of rotatable bonds is 6. The zero-order chi connectivity index (χ0) is 19.9. The van der Waals surface area contributed by atoms with Crippen molar-refractivity contribution in [3.63, 3.8) is 0 Å². The first kappa shape index (κ1) is 20.4. The van der Waals surface area contributed by atoms with Crippen LogP contribution in [0.1, 0.15) is 24.0 Å². The number of likely N-dealkylation sites (tertiary alicyclic amines) is 1. The van der Waals surface area contributed by atoms with E-state index in [0.717, 1.165) is 37.1 Å². The van der Waals surface area contributed by atoms with Crippen LogP contribution in [0.25, 0.3) is 0 Å². The van der Waals surface area contributed by atoms with Gasteiger partial charge in [-0.05, 0) is 48.2 Å². The fourth-order valence-electron chi connectivity index (χ4n) is 3.32. The summed E-state index contributed by atoms with van der Waals surface area (Å²) in [5, 5.41) is 6.58. The number of carbonyl (C=O) groups is 1. The number of benzene rings is 2. The highest BCUT2D eigenvalue weighted by Gasteiger charge is 2.21. The number of nitrogens with zero attached hydrogens (tertiary/aromatic N) is 1. The maximum atomic E-state index is 13.8. The lowest BCUT2D eigenvalue weighted by molar-refractivity contribution is 0.186. The van der Waals surface area contributed by atoms with Crippen molar-refractivity contribution in [3.8, 4) is 5.75 Å². The first-order valence-corrected chi connectivity index (χ1v) is 9.75. The number of hydrogen-bond donors (Lipinski definition) is 2. The third-order valence-electron chi connectivity index (χ3n) is 4.91. The molecule has 1 heterocycles. The molecule has 1 fully saturated rings. The van der Waals surface area contributed by atoms with Gasteiger partial charge in [-0.1, -0.05) is 29.8 Å². The van der Waals surface area contributed by atoms with Gasteiger partial charge in [0.05, 0.1) is 7.11 Å². The molecule has 3 rings (SSSR count). The molecule has 0 radical (unpaired) electrons. The van der Waals surface area contributed by atoms with Gasteiger partial charge in [0.1, 0.15) is 0 Å². The summed E-state index contributed by atoms with van der Waals surface area (Å²) in [7, 11) is 1.46. The van der Waals surface area contributed by atoms with Crippen LogP contribution in [0.3, 0.4) is 0 Å². The molecule has 5 nitrogen and oxygen atoms in total. The van der Waals surface area contributed by atoms with Crippen molar-refractivity contribution in [3.05, 3.63) is 64.4 Å². The van der Waals surface area contributed by atoms with Gasteiger partial charge in [-0.15, -0.1) is 0 Å². The number of amides is 2. The summed E-state index contributed by atoms with van der Waals surface area (Å²) in [5.41, 5.74) is 1.92. The number of nitrogens with one attached hydrogen (secondary N) is 2. The van der Waals surface area contributed by atoms with Crippen molar-refractivity contribution < 1.29 is 13.9 Å². The van der Waals surface area contributed by atoms with Crippen molar-refractivity contribution in [2.45, 2.75) is 32.0 Å². The zero-order valence-corrected chi connectivity index (χ0v) is 16.6. The molecule has 0 aliphatic carbocycles. The van der Waals surface area contributed by atoms with Crippen LogP contribution in [0.5, 0.6) is 5.75 Å². The van der Waals surface area contributed by atoms with Crippen molar-refractivity contribution in [2.24, 2.45) is 0 Å². The first-order valence-electron chi connectivity index (χ1n) is 9.37. The third kappa shape index (κ3) is 5.84. The molecule has 1 aliphatic heterocycles. The van der Waals surface area contributed by atoms with Crippen molar-refractivity contribution in [1.29, 1.82) is 0 Å². The molecule has 0 aromatic heterocycles. The second-order valence-corrected chi connectivity index (χ2v) is 7.41. The number of halogens is 2. The monoisotopic (exact) mass is 405 g/mol. The molecule has 0 bridgehead atoms. The van der Waals surface area contributed by atoms with E-state index in [-0.39, 0.29) is 23.6 Å². The number of urea groups is 1. The minimum Gasteiger partial charge on any atom is -0.494 e. The fourth-order valence-corrected chi connectivity index (χ4v) is 3.45. The second-order valence-electron chi connectivity index (χ2n) is 6.97. The van der Waals surface area contributed by atoms with E-state index in [0.29, 0.717) is 18.1 Å². The van der Waals surface area contributed by atoms with Crippen molar-refractivity contribution >= 4 is 17.6 Å². The Morgan fingerprint density at radius 2 is 1.86 bits per heavy atom. The number of carbonyl (C=O) groups excluding carboxylic acids is 1. The molecule has 2 aromatic carbocycles. The normalized spacial score (nSPS) is 15.2. The summed E-state index contributed by atoms with van der Waals surface area (Å²) in [4.78, 5) is 14.4. The Labute approximate surface area is 169 Å². The van der Waals surface area contributed by atoms with Crippen LogP contribution in [0.4, 0.5) is 9.18 Å². The summed E-state index contributed by atoms with van der Waals surface area (Å²) < 4.78 is 18.8. The highest BCUT2D eigenvalue weighted by atomic mass is 35.5. The Kier molecular flexibility index (Phi) is 7.12. The van der Waals surface area contributed by atoms with E-state index in [1.165, 1.54) is 13.2 Å². The van der Waals surface area contributed by atoms with Gasteiger partial charge in [0.25, 0.3) is 0 Å². The molecule has 2 aromatic rings. The molecule has 1 saturated heterocycles. The lowest BCUT2D eigenvalue weighted by atomic mass is 10.0. The third-order valence-corrected chi connectivity index (χ3v) is 5.16. The molecule has 0 unspecified atom stereocenters. The van der Waals surface area contributed by atoms with Crippen LogP contribution in [-0.4, -0.2) is 37.2 Å². The minimum absolute atomic E-state index is 0.147. The molecule has 7 heteroatoms. The summed E-state index contributed by atoms with van der Waals surface area (Å²) in [5.74, 6) is -0.0785. The highest BCUT2D eigenvalue weighted by Crippen LogP contribution is 2.20. The van der Waals surface area contributed by atoms with Gasteiger partial charge in [-0.2, -0.15) is 0 Å². The Morgan fingerprint density at radius 3 is 2.50 bits per heavy atom. The van der Waals surface area contributed by atoms with Crippen LogP contribution in [0.15, 0.2) is 42.5 Å². The molecule has 150 valence electrons. The van der Waals surface area contributed by atoms with E-state index in [4.69, 9.17) is 16.3 Å². The number of hydrogen-bond acceptors (Lipinski definition) is 3. The molecule has 0 atom stereocenters.